The van der Waals surface area contributed by atoms with Crippen molar-refractivity contribution in [3.8, 4) is 11.5 Å². The molecule has 0 saturated heterocycles. The number of ether oxygens (including phenoxy) is 2. The number of carbonyl (C=O) groups is 1. The summed E-state index contributed by atoms with van der Waals surface area (Å²) < 4.78 is 10.7. The molecule has 0 aliphatic rings. The summed E-state index contributed by atoms with van der Waals surface area (Å²) in [5.74, 6) is 1.19. The molecule has 0 aliphatic heterocycles. The molecule has 0 aliphatic carbocycles. The van der Waals surface area contributed by atoms with Crippen LogP contribution in [0.1, 0.15) is 12.5 Å². The average molecular weight is 320 g/mol. The van der Waals surface area contributed by atoms with Gasteiger partial charge in [0.25, 0.3) is 5.91 Å². The molecule has 22 heavy (non-hydrogen) atoms. The summed E-state index contributed by atoms with van der Waals surface area (Å²) in [6.07, 6.45) is -0.583. The van der Waals surface area contributed by atoms with E-state index in [0.29, 0.717) is 17.3 Å². The molecule has 4 nitrogen and oxygen atoms in total. The lowest BCUT2D eigenvalue weighted by Crippen LogP contribution is -2.35. The van der Waals surface area contributed by atoms with E-state index in [1.165, 1.54) is 0 Å². The fourth-order valence-corrected chi connectivity index (χ4v) is 1.97. The van der Waals surface area contributed by atoms with Gasteiger partial charge in [0.15, 0.2) is 6.10 Å². The second-order valence-electron chi connectivity index (χ2n) is 4.78. The maximum Gasteiger partial charge on any atom is 0.261 e. The van der Waals surface area contributed by atoms with Gasteiger partial charge in [-0.3, -0.25) is 4.79 Å². The van der Waals surface area contributed by atoms with Gasteiger partial charge in [-0.25, -0.2) is 0 Å². The Hall–Kier alpha value is -2.20. The van der Waals surface area contributed by atoms with Crippen molar-refractivity contribution in [3.05, 3.63) is 59.1 Å². The predicted molar refractivity (Wildman–Crippen MR) is 86.4 cm³/mol. The van der Waals surface area contributed by atoms with Gasteiger partial charge in [0.2, 0.25) is 0 Å². The van der Waals surface area contributed by atoms with Crippen LogP contribution in [0.15, 0.2) is 48.5 Å². The molecule has 0 saturated carbocycles. The Morgan fingerprint density at radius 1 is 1.09 bits per heavy atom. The number of halogens is 1. The Kier molecular flexibility index (Phi) is 5.67. The molecular weight excluding hydrogens is 302 g/mol. The van der Waals surface area contributed by atoms with Gasteiger partial charge >= 0.3 is 0 Å². The Balaban J connectivity index is 1.84. The number of carbonyl (C=O) groups excluding carboxylic acids is 1. The fourth-order valence-electron chi connectivity index (χ4n) is 1.85. The molecule has 2 rings (SSSR count). The van der Waals surface area contributed by atoms with E-state index in [9.17, 15) is 4.79 Å². The Bertz CT molecular complexity index is 611. The van der Waals surface area contributed by atoms with Crippen LogP contribution < -0.4 is 14.8 Å². The minimum Gasteiger partial charge on any atom is -0.497 e. The van der Waals surface area contributed by atoms with E-state index >= 15 is 0 Å². The molecule has 2 aromatic rings. The maximum atomic E-state index is 12.0. The maximum absolute atomic E-state index is 12.0. The van der Waals surface area contributed by atoms with Crippen LogP contribution in [0.3, 0.4) is 0 Å². The first kappa shape index (κ1) is 16.2. The van der Waals surface area contributed by atoms with Crippen LogP contribution in [0.25, 0.3) is 0 Å². The second kappa shape index (κ2) is 7.71. The van der Waals surface area contributed by atoms with E-state index in [1.54, 1.807) is 50.4 Å². The predicted octanol–water partition coefficient (Wildman–Crippen LogP) is 3.43. The van der Waals surface area contributed by atoms with Crippen LogP contribution in [-0.2, 0) is 11.3 Å². The molecule has 0 fully saturated rings. The highest BCUT2D eigenvalue weighted by atomic mass is 35.5. The van der Waals surface area contributed by atoms with Gasteiger partial charge in [0, 0.05) is 11.6 Å². The normalized spacial score (nSPS) is 11.6. The van der Waals surface area contributed by atoms with Crippen molar-refractivity contribution >= 4 is 17.5 Å². The first-order valence-corrected chi connectivity index (χ1v) is 7.29. The summed E-state index contributed by atoms with van der Waals surface area (Å²) >= 11 is 5.82. The molecule has 0 radical (unpaired) electrons. The molecule has 0 spiro atoms. The quantitative estimate of drug-likeness (QED) is 0.887. The van der Waals surface area contributed by atoms with Gasteiger partial charge in [-0.1, -0.05) is 23.7 Å². The topological polar surface area (TPSA) is 47.6 Å². The zero-order chi connectivity index (χ0) is 15.9. The van der Waals surface area contributed by atoms with Crippen LogP contribution in [-0.4, -0.2) is 19.1 Å². The zero-order valence-electron chi connectivity index (χ0n) is 12.5. The van der Waals surface area contributed by atoms with Gasteiger partial charge in [0.1, 0.15) is 11.5 Å². The molecule has 0 bridgehead atoms. The number of benzene rings is 2. The lowest BCUT2D eigenvalue weighted by molar-refractivity contribution is -0.127. The lowest BCUT2D eigenvalue weighted by atomic mass is 10.2. The molecule has 0 unspecified atom stereocenters. The molecule has 116 valence electrons. The van der Waals surface area contributed by atoms with Crippen molar-refractivity contribution in [1.29, 1.82) is 0 Å². The summed E-state index contributed by atoms with van der Waals surface area (Å²) in [5, 5.41) is 3.50. The number of amides is 1. The summed E-state index contributed by atoms with van der Waals surface area (Å²) in [4.78, 5) is 12.0. The summed E-state index contributed by atoms with van der Waals surface area (Å²) in [6.45, 7) is 2.15. The van der Waals surface area contributed by atoms with Crippen molar-refractivity contribution in [2.75, 3.05) is 7.11 Å². The number of rotatable bonds is 6. The van der Waals surface area contributed by atoms with Crippen LogP contribution in [0.5, 0.6) is 11.5 Å². The highest BCUT2D eigenvalue weighted by Crippen LogP contribution is 2.18. The van der Waals surface area contributed by atoms with E-state index in [2.05, 4.69) is 5.32 Å². The SMILES string of the molecule is COc1ccc(O[C@@H](C)C(=O)NCc2ccc(Cl)cc2)cc1. The minimum absolute atomic E-state index is 0.175. The zero-order valence-corrected chi connectivity index (χ0v) is 13.3. The third-order valence-corrected chi connectivity index (χ3v) is 3.37. The van der Waals surface area contributed by atoms with Gasteiger partial charge in [-0.15, -0.1) is 0 Å². The average Bonchev–Trinajstić information content (AvgIpc) is 2.54. The van der Waals surface area contributed by atoms with Crippen LogP contribution >= 0.6 is 11.6 Å². The molecule has 1 atom stereocenters. The van der Waals surface area contributed by atoms with Gasteiger partial charge in [-0.2, -0.15) is 0 Å². The Morgan fingerprint density at radius 3 is 2.27 bits per heavy atom. The van der Waals surface area contributed by atoms with Crippen molar-refractivity contribution < 1.29 is 14.3 Å². The van der Waals surface area contributed by atoms with Gasteiger partial charge in [0.05, 0.1) is 7.11 Å². The standard InChI is InChI=1S/C17H18ClNO3/c1-12(22-16-9-7-15(21-2)8-10-16)17(20)19-11-13-3-5-14(18)6-4-13/h3-10,12H,11H2,1-2H3,(H,19,20)/t12-/m0/s1. The lowest BCUT2D eigenvalue weighted by Gasteiger charge is -2.15. The first-order valence-electron chi connectivity index (χ1n) is 6.91. The van der Waals surface area contributed by atoms with Crippen molar-refractivity contribution in [2.45, 2.75) is 19.6 Å². The van der Waals surface area contributed by atoms with Crippen LogP contribution in [0, 0.1) is 0 Å². The minimum atomic E-state index is -0.583. The molecule has 0 heterocycles. The van der Waals surface area contributed by atoms with Crippen molar-refractivity contribution in [3.63, 3.8) is 0 Å². The molecule has 0 aromatic heterocycles. The van der Waals surface area contributed by atoms with E-state index < -0.39 is 6.10 Å². The molecular formula is C17H18ClNO3. The van der Waals surface area contributed by atoms with E-state index in [4.69, 9.17) is 21.1 Å². The highest BCUT2D eigenvalue weighted by molar-refractivity contribution is 6.30. The monoisotopic (exact) mass is 319 g/mol. The summed E-state index contributed by atoms with van der Waals surface area (Å²) in [6, 6.07) is 14.4. The highest BCUT2D eigenvalue weighted by Gasteiger charge is 2.14. The molecule has 1 N–H and O–H groups in total. The molecule has 5 heteroatoms. The van der Waals surface area contributed by atoms with E-state index in [-0.39, 0.29) is 5.91 Å². The van der Waals surface area contributed by atoms with Crippen LogP contribution in [0.2, 0.25) is 5.02 Å². The van der Waals surface area contributed by atoms with Crippen molar-refractivity contribution in [2.24, 2.45) is 0 Å². The third-order valence-electron chi connectivity index (χ3n) is 3.12. The van der Waals surface area contributed by atoms with Crippen molar-refractivity contribution in [1.82, 2.24) is 5.32 Å². The molecule has 1 amide bonds. The van der Waals surface area contributed by atoms with E-state index in [1.807, 2.05) is 12.1 Å². The van der Waals surface area contributed by atoms with Crippen LogP contribution in [0.4, 0.5) is 0 Å². The Morgan fingerprint density at radius 2 is 1.68 bits per heavy atom. The first-order chi connectivity index (χ1) is 10.6. The number of hydrogen-bond donors (Lipinski definition) is 1. The summed E-state index contributed by atoms with van der Waals surface area (Å²) in [5.41, 5.74) is 0.981. The summed E-state index contributed by atoms with van der Waals surface area (Å²) in [7, 11) is 1.60. The third kappa shape index (κ3) is 4.67. The molecule has 2 aromatic carbocycles. The fraction of sp³-hybridized carbons (Fsp3) is 0.235. The smallest absolute Gasteiger partial charge is 0.261 e. The number of hydrogen-bond acceptors (Lipinski definition) is 3. The van der Waals surface area contributed by atoms with Gasteiger partial charge in [-0.05, 0) is 48.9 Å². The van der Waals surface area contributed by atoms with E-state index in [0.717, 1.165) is 11.3 Å². The number of nitrogens with one attached hydrogen (secondary N) is 1. The number of methoxy groups -OCH3 is 1. The Labute approximate surface area is 135 Å². The van der Waals surface area contributed by atoms with Gasteiger partial charge < -0.3 is 14.8 Å². The largest absolute Gasteiger partial charge is 0.497 e. The second-order valence-corrected chi connectivity index (χ2v) is 5.22.